The molecule has 0 heterocycles. The molecule has 0 aromatic heterocycles. The average molecular weight is 357 g/mol. The Labute approximate surface area is 153 Å². The SMILES string of the molecule is COc1ccc(C)cc1CSC(C)C(=O)Nc1ccccc1C(C)=O. The van der Waals surface area contributed by atoms with E-state index in [2.05, 4.69) is 11.4 Å². The largest absolute Gasteiger partial charge is 0.496 e. The summed E-state index contributed by atoms with van der Waals surface area (Å²) in [6.45, 7) is 5.38. The van der Waals surface area contributed by atoms with Gasteiger partial charge in [0.15, 0.2) is 5.78 Å². The molecule has 2 aromatic carbocycles. The highest BCUT2D eigenvalue weighted by Gasteiger charge is 2.17. The highest BCUT2D eigenvalue weighted by Crippen LogP contribution is 2.27. The molecule has 5 heteroatoms. The predicted octanol–water partition coefficient (Wildman–Crippen LogP) is 4.47. The van der Waals surface area contributed by atoms with E-state index >= 15 is 0 Å². The summed E-state index contributed by atoms with van der Waals surface area (Å²) in [4.78, 5) is 24.1. The van der Waals surface area contributed by atoms with Crippen LogP contribution in [0.3, 0.4) is 0 Å². The van der Waals surface area contributed by atoms with Crippen molar-refractivity contribution in [1.82, 2.24) is 0 Å². The Morgan fingerprint density at radius 2 is 1.92 bits per heavy atom. The third-order valence-corrected chi connectivity index (χ3v) is 5.05. The zero-order valence-corrected chi connectivity index (χ0v) is 15.8. The summed E-state index contributed by atoms with van der Waals surface area (Å²) in [5.41, 5.74) is 3.30. The number of carbonyl (C=O) groups excluding carboxylic acids is 2. The zero-order valence-electron chi connectivity index (χ0n) is 15.0. The lowest BCUT2D eigenvalue weighted by atomic mass is 10.1. The summed E-state index contributed by atoms with van der Waals surface area (Å²) >= 11 is 1.53. The number of methoxy groups -OCH3 is 1. The van der Waals surface area contributed by atoms with Crippen LogP contribution in [0.5, 0.6) is 5.75 Å². The number of hydrogen-bond donors (Lipinski definition) is 1. The number of benzene rings is 2. The maximum Gasteiger partial charge on any atom is 0.237 e. The van der Waals surface area contributed by atoms with Gasteiger partial charge in [-0.3, -0.25) is 9.59 Å². The summed E-state index contributed by atoms with van der Waals surface area (Å²) in [6.07, 6.45) is 0. The minimum Gasteiger partial charge on any atom is -0.496 e. The van der Waals surface area contributed by atoms with Crippen molar-refractivity contribution in [3.8, 4) is 5.75 Å². The number of hydrogen-bond acceptors (Lipinski definition) is 4. The van der Waals surface area contributed by atoms with Crippen molar-refractivity contribution < 1.29 is 14.3 Å². The Balaban J connectivity index is 2.02. The van der Waals surface area contributed by atoms with Gasteiger partial charge in [0.25, 0.3) is 0 Å². The van der Waals surface area contributed by atoms with Gasteiger partial charge in [-0.25, -0.2) is 0 Å². The molecule has 2 aromatic rings. The van der Waals surface area contributed by atoms with E-state index in [9.17, 15) is 9.59 Å². The zero-order chi connectivity index (χ0) is 18.4. The number of thioether (sulfide) groups is 1. The van der Waals surface area contributed by atoms with Crippen molar-refractivity contribution in [2.45, 2.75) is 31.8 Å². The van der Waals surface area contributed by atoms with E-state index in [1.807, 2.05) is 26.0 Å². The van der Waals surface area contributed by atoms with E-state index in [1.165, 1.54) is 18.7 Å². The van der Waals surface area contributed by atoms with E-state index in [4.69, 9.17) is 4.74 Å². The van der Waals surface area contributed by atoms with E-state index in [0.717, 1.165) is 16.9 Å². The van der Waals surface area contributed by atoms with Crippen molar-refractivity contribution in [2.24, 2.45) is 0 Å². The first-order chi connectivity index (χ1) is 11.9. The Morgan fingerprint density at radius 1 is 1.20 bits per heavy atom. The number of ketones is 1. The van der Waals surface area contributed by atoms with Crippen LogP contribution >= 0.6 is 11.8 Å². The summed E-state index contributed by atoms with van der Waals surface area (Å²) in [5.74, 6) is 1.31. The van der Waals surface area contributed by atoms with Crippen LogP contribution in [0.2, 0.25) is 0 Å². The fourth-order valence-corrected chi connectivity index (χ4v) is 3.31. The number of carbonyl (C=O) groups is 2. The van der Waals surface area contributed by atoms with Crippen LogP contribution in [0.25, 0.3) is 0 Å². The van der Waals surface area contributed by atoms with E-state index in [1.54, 1.807) is 31.4 Å². The lowest BCUT2D eigenvalue weighted by Crippen LogP contribution is -2.23. The molecule has 25 heavy (non-hydrogen) atoms. The van der Waals surface area contributed by atoms with Crippen LogP contribution in [0, 0.1) is 6.92 Å². The lowest BCUT2D eigenvalue weighted by molar-refractivity contribution is -0.115. The molecular weight excluding hydrogens is 334 g/mol. The molecule has 0 aliphatic heterocycles. The summed E-state index contributed by atoms with van der Waals surface area (Å²) in [6, 6.07) is 13.1. The smallest absolute Gasteiger partial charge is 0.237 e. The second kappa shape index (κ2) is 8.72. The molecule has 0 fully saturated rings. The normalized spacial score (nSPS) is 11.7. The third-order valence-electron chi connectivity index (χ3n) is 3.86. The lowest BCUT2D eigenvalue weighted by Gasteiger charge is -2.15. The van der Waals surface area contributed by atoms with Gasteiger partial charge in [-0.2, -0.15) is 0 Å². The molecule has 0 aliphatic rings. The van der Waals surface area contributed by atoms with Gasteiger partial charge in [-0.1, -0.05) is 29.8 Å². The number of ether oxygens (including phenoxy) is 1. The minimum absolute atomic E-state index is 0.0688. The second-order valence-electron chi connectivity index (χ2n) is 5.86. The Morgan fingerprint density at radius 3 is 2.60 bits per heavy atom. The molecule has 1 N–H and O–H groups in total. The van der Waals surface area contributed by atoms with Crippen LogP contribution in [0.1, 0.15) is 35.3 Å². The van der Waals surface area contributed by atoms with Gasteiger partial charge in [-0.15, -0.1) is 11.8 Å². The quantitative estimate of drug-likeness (QED) is 0.743. The number of amides is 1. The Bertz CT molecular complexity index is 773. The summed E-state index contributed by atoms with van der Waals surface area (Å²) in [7, 11) is 1.65. The molecular formula is C20H23NO3S. The number of para-hydroxylation sites is 1. The molecule has 132 valence electrons. The van der Waals surface area contributed by atoms with Crippen LogP contribution in [0.15, 0.2) is 42.5 Å². The van der Waals surface area contributed by atoms with Crippen molar-refractivity contribution in [3.05, 3.63) is 59.2 Å². The van der Waals surface area contributed by atoms with Gasteiger partial charge in [0.1, 0.15) is 5.75 Å². The van der Waals surface area contributed by atoms with E-state index < -0.39 is 0 Å². The average Bonchev–Trinajstić information content (AvgIpc) is 2.60. The first kappa shape index (κ1) is 19.1. The van der Waals surface area contributed by atoms with Crippen molar-refractivity contribution in [2.75, 3.05) is 12.4 Å². The molecule has 1 atom stereocenters. The standard InChI is InChI=1S/C20H23NO3S/c1-13-9-10-19(24-4)16(11-13)12-25-15(3)20(23)21-18-8-6-5-7-17(18)14(2)22/h5-11,15H,12H2,1-4H3,(H,21,23). The molecule has 0 bridgehead atoms. The van der Waals surface area contributed by atoms with Gasteiger partial charge in [0, 0.05) is 16.9 Å². The molecule has 0 spiro atoms. The van der Waals surface area contributed by atoms with Crippen molar-refractivity contribution in [1.29, 1.82) is 0 Å². The third kappa shape index (κ3) is 5.10. The highest BCUT2D eigenvalue weighted by atomic mass is 32.2. The Kier molecular flexibility index (Phi) is 6.65. The molecule has 0 saturated heterocycles. The monoisotopic (exact) mass is 357 g/mol. The molecule has 0 saturated carbocycles. The Hall–Kier alpha value is -2.27. The van der Waals surface area contributed by atoms with E-state index in [-0.39, 0.29) is 16.9 Å². The van der Waals surface area contributed by atoms with Crippen molar-refractivity contribution in [3.63, 3.8) is 0 Å². The predicted molar refractivity (Wildman–Crippen MR) is 104 cm³/mol. The van der Waals surface area contributed by atoms with Gasteiger partial charge in [0.05, 0.1) is 18.0 Å². The topological polar surface area (TPSA) is 55.4 Å². The van der Waals surface area contributed by atoms with Crippen LogP contribution in [-0.4, -0.2) is 24.1 Å². The van der Waals surface area contributed by atoms with Crippen molar-refractivity contribution >= 4 is 29.1 Å². The number of aryl methyl sites for hydroxylation is 1. The molecule has 0 radical (unpaired) electrons. The molecule has 1 unspecified atom stereocenters. The fraction of sp³-hybridized carbons (Fsp3) is 0.300. The number of rotatable bonds is 7. The number of nitrogens with one attached hydrogen (secondary N) is 1. The van der Waals surface area contributed by atoms with Gasteiger partial charge in [-0.05, 0) is 39.0 Å². The molecule has 0 aliphatic carbocycles. The van der Waals surface area contributed by atoms with Crippen LogP contribution in [-0.2, 0) is 10.5 Å². The molecule has 2 rings (SSSR count). The first-order valence-electron chi connectivity index (χ1n) is 8.08. The summed E-state index contributed by atoms with van der Waals surface area (Å²) < 4.78 is 5.38. The maximum atomic E-state index is 12.5. The second-order valence-corrected chi connectivity index (χ2v) is 7.19. The number of Topliss-reactive ketones (excluding diaryl/α,β-unsaturated/α-hetero) is 1. The maximum absolute atomic E-state index is 12.5. The fourth-order valence-electron chi connectivity index (χ4n) is 2.44. The summed E-state index contributed by atoms with van der Waals surface area (Å²) in [5, 5.41) is 2.60. The molecule has 4 nitrogen and oxygen atoms in total. The van der Waals surface area contributed by atoms with Gasteiger partial charge in [0.2, 0.25) is 5.91 Å². The van der Waals surface area contributed by atoms with Gasteiger partial charge < -0.3 is 10.1 Å². The van der Waals surface area contributed by atoms with Crippen LogP contribution in [0.4, 0.5) is 5.69 Å². The number of anilines is 1. The molecule has 1 amide bonds. The van der Waals surface area contributed by atoms with Gasteiger partial charge >= 0.3 is 0 Å². The minimum atomic E-state index is -0.259. The van der Waals surface area contributed by atoms with E-state index in [0.29, 0.717) is 17.0 Å². The first-order valence-corrected chi connectivity index (χ1v) is 9.13. The highest BCUT2D eigenvalue weighted by molar-refractivity contribution is 7.99. The van der Waals surface area contributed by atoms with Crippen LogP contribution < -0.4 is 10.1 Å².